The van der Waals surface area contributed by atoms with Crippen LogP contribution in [0, 0.1) is 11.7 Å². The number of nitrogens with zero attached hydrogens (tertiary/aromatic N) is 3. The highest BCUT2D eigenvalue weighted by Gasteiger charge is 2.40. The Hall–Kier alpha value is -2.01. The second-order valence-corrected chi connectivity index (χ2v) is 6.09. The maximum Gasteiger partial charge on any atom is 0.221 e. The lowest BCUT2D eigenvalue weighted by Gasteiger charge is -2.32. The van der Waals surface area contributed by atoms with Gasteiger partial charge < -0.3 is 5.84 Å². The molecule has 0 saturated carbocycles. The molecule has 1 unspecified atom stereocenters. The molecule has 0 bridgehead atoms. The molecule has 0 saturated heterocycles. The monoisotopic (exact) mass is 312 g/mol. The third-order valence-corrected chi connectivity index (χ3v) is 4.78. The maximum atomic E-state index is 6.18. The van der Waals surface area contributed by atoms with Crippen LogP contribution in [-0.2, 0) is 11.8 Å². The zero-order valence-corrected chi connectivity index (χ0v) is 13.7. The highest BCUT2D eigenvalue weighted by Crippen LogP contribution is 2.43. The van der Waals surface area contributed by atoms with Gasteiger partial charge in [-0.3, -0.25) is 0 Å². The van der Waals surface area contributed by atoms with Crippen molar-refractivity contribution in [3.8, 4) is 0 Å². The second-order valence-electron chi connectivity index (χ2n) is 5.72. The van der Waals surface area contributed by atoms with Gasteiger partial charge in [-0.25, -0.2) is 14.6 Å². The van der Waals surface area contributed by atoms with E-state index in [1.807, 2.05) is 0 Å². The van der Waals surface area contributed by atoms with Crippen molar-refractivity contribution in [3.63, 3.8) is 0 Å². The van der Waals surface area contributed by atoms with E-state index in [0.29, 0.717) is 4.77 Å². The Balaban J connectivity index is 2.34. The number of aryl methyl sites for hydroxylation is 2. The smallest absolute Gasteiger partial charge is 0.221 e. The van der Waals surface area contributed by atoms with Gasteiger partial charge in [-0.2, -0.15) is 0 Å². The minimum Gasteiger partial charge on any atom is -0.335 e. The van der Waals surface area contributed by atoms with E-state index in [-0.39, 0.29) is 5.41 Å². The highest BCUT2D eigenvalue weighted by atomic mass is 32.1. The van der Waals surface area contributed by atoms with E-state index in [9.17, 15) is 0 Å². The average molecular weight is 312 g/mol. The summed E-state index contributed by atoms with van der Waals surface area (Å²) in [5.41, 5.74) is 3.58. The number of allylic oxidation sites excluding steroid dienone is 2. The van der Waals surface area contributed by atoms with Crippen LogP contribution in [0.2, 0.25) is 0 Å². The van der Waals surface area contributed by atoms with Crippen molar-refractivity contribution in [2.24, 2.45) is 0 Å². The van der Waals surface area contributed by atoms with Gasteiger partial charge in [0.25, 0.3) is 0 Å². The Labute approximate surface area is 135 Å². The van der Waals surface area contributed by atoms with Crippen LogP contribution in [0.5, 0.6) is 0 Å². The number of hydrogen-bond acceptors (Lipinski definition) is 4. The fourth-order valence-corrected chi connectivity index (χ4v) is 3.66. The standard InChI is InChI=1S/C17H20N4S/c1-3-13-8-6-7-12(2)14(13)17(9-4-5-10-17)15-19-11-20-16(22)21(15)18/h4,6-9,11H,3,5,10,18H2,1-2H3. The molecular weight excluding hydrogens is 292 g/mol. The molecule has 0 radical (unpaired) electrons. The van der Waals surface area contributed by atoms with Gasteiger partial charge in [-0.05, 0) is 55.1 Å². The number of nitrogens with two attached hydrogens (primary N) is 1. The van der Waals surface area contributed by atoms with Crippen LogP contribution in [0.3, 0.4) is 0 Å². The van der Waals surface area contributed by atoms with Gasteiger partial charge in [0, 0.05) is 0 Å². The lowest BCUT2D eigenvalue weighted by atomic mass is 9.74. The lowest BCUT2D eigenvalue weighted by molar-refractivity contribution is 0.537. The number of nitrogen functional groups attached to an aromatic ring is 1. The van der Waals surface area contributed by atoms with Crippen LogP contribution < -0.4 is 5.84 Å². The summed E-state index contributed by atoms with van der Waals surface area (Å²) in [6.07, 6.45) is 8.88. The topological polar surface area (TPSA) is 56.7 Å². The third-order valence-electron chi connectivity index (χ3n) is 4.48. The molecular formula is C17H20N4S. The van der Waals surface area contributed by atoms with Crippen LogP contribution in [0.15, 0.2) is 36.7 Å². The minimum absolute atomic E-state index is 0.318. The van der Waals surface area contributed by atoms with Crippen LogP contribution in [0.4, 0.5) is 0 Å². The minimum atomic E-state index is -0.318. The summed E-state index contributed by atoms with van der Waals surface area (Å²) >= 11 is 5.23. The Morgan fingerprint density at radius 1 is 1.36 bits per heavy atom. The van der Waals surface area contributed by atoms with Crippen molar-refractivity contribution in [2.75, 3.05) is 5.84 Å². The van der Waals surface area contributed by atoms with Crippen LogP contribution in [0.25, 0.3) is 0 Å². The molecule has 2 N–H and O–H groups in total. The lowest BCUT2D eigenvalue weighted by Crippen LogP contribution is -2.34. The largest absolute Gasteiger partial charge is 0.335 e. The number of benzene rings is 1. The van der Waals surface area contributed by atoms with E-state index in [0.717, 1.165) is 25.1 Å². The van der Waals surface area contributed by atoms with E-state index >= 15 is 0 Å². The maximum absolute atomic E-state index is 6.18. The summed E-state index contributed by atoms with van der Waals surface area (Å²) < 4.78 is 1.81. The molecule has 5 heteroatoms. The molecule has 3 rings (SSSR count). The predicted octanol–water partition coefficient (Wildman–Crippen LogP) is 3.23. The first-order valence-corrected chi connectivity index (χ1v) is 7.97. The molecule has 2 aromatic rings. The molecule has 0 fully saturated rings. The van der Waals surface area contributed by atoms with Gasteiger partial charge in [0.2, 0.25) is 4.77 Å². The van der Waals surface area contributed by atoms with Gasteiger partial charge in [-0.1, -0.05) is 37.3 Å². The van der Waals surface area contributed by atoms with E-state index in [4.69, 9.17) is 18.1 Å². The fourth-order valence-electron chi connectivity index (χ4n) is 3.52. The van der Waals surface area contributed by atoms with Crippen molar-refractivity contribution >= 4 is 12.2 Å². The van der Waals surface area contributed by atoms with Crippen molar-refractivity contribution < 1.29 is 0 Å². The predicted molar refractivity (Wildman–Crippen MR) is 90.7 cm³/mol. The fraction of sp³-hybridized carbons (Fsp3) is 0.353. The Morgan fingerprint density at radius 3 is 2.86 bits per heavy atom. The zero-order valence-electron chi connectivity index (χ0n) is 12.9. The molecule has 0 aliphatic heterocycles. The SMILES string of the molecule is CCc1cccc(C)c1C1(c2ncnc(=S)n2N)C=CCC1. The van der Waals surface area contributed by atoms with Gasteiger partial charge >= 0.3 is 0 Å². The van der Waals surface area contributed by atoms with Gasteiger partial charge in [0.05, 0.1) is 5.41 Å². The van der Waals surface area contributed by atoms with Gasteiger partial charge in [0.15, 0.2) is 0 Å². The summed E-state index contributed by atoms with van der Waals surface area (Å²) in [7, 11) is 0. The van der Waals surface area contributed by atoms with E-state index in [2.05, 4.69) is 54.2 Å². The molecule has 1 aromatic heterocycles. The van der Waals surface area contributed by atoms with Crippen LogP contribution in [-0.4, -0.2) is 14.6 Å². The number of hydrogen-bond donors (Lipinski definition) is 1. The number of rotatable bonds is 3. The summed E-state index contributed by atoms with van der Waals surface area (Å²) in [5.74, 6) is 6.95. The van der Waals surface area contributed by atoms with Crippen LogP contribution in [0.1, 0.15) is 42.3 Å². The quantitative estimate of drug-likeness (QED) is 0.537. The Bertz CT molecular complexity index is 793. The Kier molecular flexibility index (Phi) is 3.83. The molecule has 1 heterocycles. The van der Waals surface area contributed by atoms with E-state index in [1.165, 1.54) is 27.7 Å². The summed E-state index contributed by atoms with van der Waals surface area (Å²) in [5, 5.41) is 0. The van der Waals surface area contributed by atoms with Gasteiger partial charge in [-0.15, -0.1) is 0 Å². The summed E-state index contributed by atoms with van der Waals surface area (Å²) in [6.45, 7) is 4.33. The highest BCUT2D eigenvalue weighted by molar-refractivity contribution is 7.71. The van der Waals surface area contributed by atoms with Crippen molar-refractivity contribution in [1.29, 1.82) is 0 Å². The molecule has 1 atom stereocenters. The number of aromatic nitrogens is 3. The van der Waals surface area contributed by atoms with Crippen LogP contribution >= 0.6 is 12.2 Å². The third kappa shape index (κ3) is 2.16. The first kappa shape index (κ1) is 14.9. The molecule has 0 spiro atoms. The van der Waals surface area contributed by atoms with E-state index in [1.54, 1.807) is 0 Å². The first-order chi connectivity index (χ1) is 10.6. The Morgan fingerprint density at radius 2 is 2.18 bits per heavy atom. The molecule has 22 heavy (non-hydrogen) atoms. The summed E-state index contributed by atoms with van der Waals surface area (Å²) in [6, 6.07) is 6.45. The second kappa shape index (κ2) is 5.65. The molecule has 1 aliphatic rings. The summed E-state index contributed by atoms with van der Waals surface area (Å²) in [4.78, 5) is 8.51. The molecule has 4 nitrogen and oxygen atoms in total. The van der Waals surface area contributed by atoms with E-state index < -0.39 is 0 Å². The van der Waals surface area contributed by atoms with Crippen molar-refractivity contribution in [3.05, 3.63) is 64.0 Å². The molecule has 1 aliphatic carbocycles. The first-order valence-electron chi connectivity index (χ1n) is 7.56. The van der Waals surface area contributed by atoms with Crippen molar-refractivity contribution in [2.45, 2.75) is 38.5 Å². The molecule has 1 aromatic carbocycles. The zero-order chi connectivity index (χ0) is 15.7. The average Bonchev–Trinajstić information content (AvgIpc) is 3.00. The van der Waals surface area contributed by atoms with Crippen molar-refractivity contribution in [1.82, 2.24) is 14.6 Å². The normalized spacial score (nSPS) is 20.5. The molecule has 114 valence electrons. The molecule has 0 amide bonds. The van der Waals surface area contributed by atoms with Gasteiger partial charge in [0.1, 0.15) is 12.2 Å².